The molecular formula is C26H28N6O. The Morgan fingerprint density at radius 3 is 2.67 bits per heavy atom. The molecule has 33 heavy (non-hydrogen) atoms. The fraction of sp³-hybridized carbons (Fsp3) is 0.500. The van der Waals surface area contributed by atoms with Gasteiger partial charge in [0.15, 0.2) is 5.65 Å². The maximum atomic E-state index is 10.2. The summed E-state index contributed by atoms with van der Waals surface area (Å²) in [5.41, 5.74) is 5.85. The van der Waals surface area contributed by atoms with Crippen LogP contribution in [0.3, 0.4) is 0 Å². The number of para-hydroxylation sites is 2. The molecule has 0 bridgehead atoms. The number of pyridine rings is 1. The second-order valence-electron chi connectivity index (χ2n) is 9.54. The number of fused-ring (bicyclic) bond motifs is 4. The third kappa shape index (κ3) is 3.44. The lowest BCUT2D eigenvalue weighted by Gasteiger charge is -2.38. The molecule has 168 valence electrons. The number of piperidine rings is 1. The highest BCUT2D eigenvalue weighted by Gasteiger charge is 2.32. The quantitative estimate of drug-likeness (QED) is 0.619. The van der Waals surface area contributed by atoms with Crippen molar-refractivity contribution >= 4 is 22.5 Å². The van der Waals surface area contributed by atoms with Crippen LogP contribution in [0.5, 0.6) is 0 Å². The average molecular weight is 441 g/mol. The predicted octanol–water partition coefficient (Wildman–Crippen LogP) is 3.64. The number of imidazole rings is 1. The summed E-state index contributed by atoms with van der Waals surface area (Å²) in [6, 6.07) is 13.1. The molecule has 0 N–H and O–H groups in total. The standard InChI is InChI=1S/C26H28N6O/c27-14-18-7-11-31(12-8-18)26-22-17-30(16-19-4-3-13-33-19)10-9-20(22)21(15-28)25-29-23-5-1-2-6-24(23)32(25)26/h1-2,5-6,18-19H,3-4,7-13,16-17H2. The number of nitriles is 2. The SMILES string of the molecule is N#Cc1c2c(c(N3CCC(C#N)CC3)n3c1nc1ccccc13)CN(CC1CCCO1)CC2. The number of anilines is 1. The van der Waals surface area contributed by atoms with Crippen LogP contribution >= 0.6 is 0 Å². The van der Waals surface area contributed by atoms with Crippen molar-refractivity contribution in [1.29, 1.82) is 10.5 Å². The van der Waals surface area contributed by atoms with Gasteiger partial charge >= 0.3 is 0 Å². The highest BCUT2D eigenvalue weighted by molar-refractivity contribution is 5.86. The van der Waals surface area contributed by atoms with E-state index in [0.717, 1.165) is 93.7 Å². The van der Waals surface area contributed by atoms with Gasteiger partial charge in [-0.2, -0.15) is 10.5 Å². The van der Waals surface area contributed by atoms with Gasteiger partial charge in [0.25, 0.3) is 0 Å². The molecular weight excluding hydrogens is 412 g/mol. The lowest BCUT2D eigenvalue weighted by atomic mass is 9.93. The predicted molar refractivity (Wildman–Crippen MR) is 126 cm³/mol. The molecule has 3 aliphatic heterocycles. The van der Waals surface area contributed by atoms with Crippen LogP contribution in [0.4, 0.5) is 5.82 Å². The van der Waals surface area contributed by atoms with Gasteiger partial charge in [-0.1, -0.05) is 12.1 Å². The van der Waals surface area contributed by atoms with Crippen LogP contribution in [0.1, 0.15) is 42.4 Å². The van der Waals surface area contributed by atoms with Crippen molar-refractivity contribution in [3.63, 3.8) is 0 Å². The largest absolute Gasteiger partial charge is 0.377 e. The number of hydrogen-bond acceptors (Lipinski definition) is 6. The van der Waals surface area contributed by atoms with Gasteiger partial charge < -0.3 is 9.64 Å². The fourth-order valence-electron chi connectivity index (χ4n) is 5.88. The van der Waals surface area contributed by atoms with E-state index >= 15 is 0 Å². The summed E-state index contributed by atoms with van der Waals surface area (Å²) in [6.45, 7) is 5.27. The van der Waals surface area contributed by atoms with Crippen LogP contribution in [0, 0.1) is 28.6 Å². The van der Waals surface area contributed by atoms with Crippen molar-refractivity contribution in [1.82, 2.24) is 14.3 Å². The van der Waals surface area contributed by atoms with Crippen LogP contribution in [-0.2, 0) is 17.7 Å². The zero-order valence-electron chi connectivity index (χ0n) is 18.8. The number of aromatic nitrogens is 2. The van der Waals surface area contributed by atoms with E-state index in [1.165, 1.54) is 11.4 Å². The van der Waals surface area contributed by atoms with E-state index in [1.54, 1.807) is 0 Å². The first-order chi connectivity index (χ1) is 16.3. The third-order valence-electron chi connectivity index (χ3n) is 7.57. The topological polar surface area (TPSA) is 80.6 Å². The third-order valence-corrected chi connectivity index (χ3v) is 7.57. The van der Waals surface area contributed by atoms with Crippen LogP contribution in [0.2, 0.25) is 0 Å². The molecule has 2 fully saturated rings. The van der Waals surface area contributed by atoms with Crippen molar-refractivity contribution in [2.45, 2.75) is 44.8 Å². The van der Waals surface area contributed by atoms with Gasteiger partial charge in [-0.05, 0) is 49.8 Å². The van der Waals surface area contributed by atoms with Crippen molar-refractivity contribution < 1.29 is 4.74 Å². The number of ether oxygens (including phenoxy) is 1. The number of benzene rings is 1. The van der Waals surface area contributed by atoms with E-state index in [9.17, 15) is 10.5 Å². The van der Waals surface area contributed by atoms with Crippen molar-refractivity contribution in [2.24, 2.45) is 5.92 Å². The first kappa shape index (κ1) is 20.5. The molecule has 3 aromatic rings. The van der Waals surface area contributed by atoms with Crippen LogP contribution < -0.4 is 4.90 Å². The number of rotatable bonds is 3. The summed E-state index contributed by atoms with van der Waals surface area (Å²) in [4.78, 5) is 9.84. The molecule has 7 heteroatoms. The second kappa shape index (κ2) is 8.33. The molecule has 1 aromatic carbocycles. The monoisotopic (exact) mass is 440 g/mol. The fourth-order valence-corrected chi connectivity index (χ4v) is 5.88. The van der Waals surface area contributed by atoms with E-state index in [-0.39, 0.29) is 5.92 Å². The van der Waals surface area contributed by atoms with E-state index in [2.05, 4.69) is 32.4 Å². The van der Waals surface area contributed by atoms with Crippen LogP contribution in [0.25, 0.3) is 16.7 Å². The van der Waals surface area contributed by atoms with Gasteiger partial charge in [0.1, 0.15) is 11.9 Å². The molecule has 2 aromatic heterocycles. The van der Waals surface area contributed by atoms with Gasteiger partial charge in [-0.25, -0.2) is 4.98 Å². The molecule has 0 saturated carbocycles. The van der Waals surface area contributed by atoms with Crippen LogP contribution in [-0.4, -0.2) is 53.2 Å². The molecule has 6 rings (SSSR count). The molecule has 0 radical (unpaired) electrons. The molecule has 1 unspecified atom stereocenters. The van der Waals surface area contributed by atoms with Crippen molar-refractivity contribution in [2.75, 3.05) is 37.7 Å². The highest BCUT2D eigenvalue weighted by Crippen LogP contribution is 2.38. The summed E-state index contributed by atoms with van der Waals surface area (Å²) in [6.07, 6.45) is 5.19. The molecule has 7 nitrogen and oxygen atoms in total. The Bertz CT molecular complexity index is 1280. The Hall–Kier alpha value is -3.13. The second-order valence-corrected chi connectivity index (χ2v) is 9.54. The van der Waals surface area contributed by atoms with Gasteiger partial charge in [0, 0.05) is 50.8 Å². The Balaban J connectivity index is 1.52. The zero-order valence-corrected chi connectivity index (χ0v) is 18.8. The molecule has 2 saturated heterocycles. The molecule has 1 atom stereocenters. The summed E-state index contributed by atoms with van der Waals surface area (Å²) in [5.74, 6) is 1.29. The van der Waals surface area contributed by atoms with E-state index in [0.29, 0.717) is 11.7 Å². The average Bonchev–Trinajstić information content (AvgIpc) is 3.50. The lowest BCUT2D eigenvalue weighted by Crippen LogP contribution is -2.40. The van der Waals surface area contributed by atoms with Crippen molar-refractivity contribution in [3.05, 3.63) is 41.0 Å². The Morgan fingerprint density at radius 2 is 1.91 bits per heavy atom. The number of hydrogen-bond donors (Lipinski definition) is 0. The maximum Gasteiger partial charge on any atom is 0.157 e. The van der Waals surface area contributed by atoms with Crippen LogP contribution in [0.15, 0.2) is 24.3 Å². The van der Waals surface area contributed by atoms with Crippen molar-refractivity contribution in [3.8, 4) is 12.1 Å². The Morgan fingerprint density at radius 1 is 1.06 bits per heavy atom. The number of nitrogens with zero attached hydrogens (tertiary/aromatic N) is 6. The molecule has 0 amide bonds. The normalized spacial score (nSPS) is 21.9. The maximum absolute atomic E-state index is 10.2. The first-order valence-corrected chi connectivity index (χ1v) is 12.1. The van der Waals surface area contributed by atoms with E-state index in [4.69, 9.17) is 9.72 Å². The van der Waals surface area contributed by atoms with Gasteiger partial charge in [-0.15, -0.1) is 0 Å². The molecule has 5 heterocycles. The van der Waals surface area contributed by atoms with Gasteiger partial charge in [0.2, 0.25) is 0 Å². The minimum absolute atomic E-state index is 0.126. The summed E-state index contributed by atoms with van der Waals surface area (Å²) >= 11 is 0. The highest BCUT2D eigenvalue weighted by atomic mass is 16.5. The molecule has 0 aliphatic carbocycles. The lowest BCUT2D eigenvalue weighted by molar-refractivity contribution is 0.0688. The summed E-state index contributed by atoms with van der Waals surface area (Å²) in [5, 5.41) is 19.6. The Labute approximate surface area is 193 Å². The van der Waals surface area contributed by atoms with E-state index in [1.807, 2.05) is 18.2 Å². The Kier molecular flexibility index (Phi) is 5.17. The molecule has 0 spiro atoms. The van der Waals surface area contributed by atoms with Gasteiger partial charge in [0.05, 0.1) is 28.8 Å². The smallest absolute Gasteiger partial charge is 0.157 e. The molecule has 3 aliphatic rings. The summed E-state index contributed by atoms with van der Waals surface area (Å²) in [7, 11) is 0. The zero-order chi connectivity index (χ0) is 22.4. The van der Waals surface area contributed by atoms with E-state index < -0.39 is 0 Å². The van der Waals surface area contributed by atoms with Gasteiger partial charge in [-0.3, -0.25) is 9.30 Å². The summed E-state index contributed by atoms with van der Waals surface area (Å²) < 4.78 is 8.14. The minimum Gasteiger partial charge on any atom is -0.377 e. The minimum atomic E-state index is 0.126. The first-order valence-electron chi connectivity index (χ1n) is 12.1.